The Morgan fingerprint density at radius 3 is 1.59 bits per heavy atom. The van der Waals surface area contributed by atoms with Crippen LogP contribution < -0.4 is 0 Å². The molecule has 0 aromatic heterocycles. The van der Waals surface area contributed by atoms with Gasteiger partial charge in [-0.3, -0.25) is 0 Å². The zero-order chi connectivity index (χ0) is 12.7. The summed E-state index contributed by atoms with van der Waals surface area (Å²) in [5, 5.41) is 0. The fraction of sp³-hybridized carbons (Fsp3) is 0.571. The number of hydrogen-bond donors (Lipinski definition) is 0. The fourth-order valence-electron chi connectivity index (χ4n) is 1.70. The van der Waals surface area contributed by atoms with Crippen LogP contribution in [0.15, 0.2) is 24.3 Å². The molecule has 0 N–H and O–H groups in total. The van der Waals surface area contributed by atoms with E-state index in [4.69, 9.17) is 14.2 Å². The number of rotatable bonds is 7. The van der Waals surface area contributed by atoms with Gasteiger partial charge in [0.2, 0.25) is 0 Å². The van der Waals surface area contributed by atoms with E-state index in [1.54, 1.807) is 0 Å². The van der Waals surface area contributed by atoms with Crippen molar-refractivity contribution in [2.75, 3.05) is 19.8 Å². The molecule has 0 heterocycles. The largest absolute Gasteiger partial charge is 0.324 e. The molecule has 1 aromatic carbocycles. The van der Waals surface area contributed by atoms with Crippen molar-refractivity contribution in [1.82, 2.24) is 0 Å². The number of ether oxygens (including phenoxy) is 3. The van der Waals surface area contributed by atoms with E-state index < -0.39 is 5.97 Å². The molecule has 0 radical (unpaired) electrons. The van der Waals surface area contributed by atoms with Crippen LogP contribution in [0.3, 0.4) is 0 Å². The van der Waals surface area contributed by atoms with Crippen LogP contribution >= 0.6 is 0 Å². The highest BCUT2D eigenvalue weighted by Gasteiger charge is 2.34. The van der Waals surface area contributed by atoms with Gasteiger partial charge in [-0.1, -0.05) is 29.8 Å². The van der Waals surface area contributed by atoms with Crippen LogP contribution in [0, 0.1) is 6.92 Å². The molecule has 0 aliphatic carbocycles. The molecule has 0 atom stereocenters. The molecule has 0 unspecified atom stereocenters. The van der Waals surface area contributed by atoms with Gasteiger partial charge in [0.25, 0.3) is 0 Å². The van der Waals surface area contributed by atoms with Gasteiger partial charge in [-0.15, -0.1) is 0 Å². The van der Waals surface area contributed by atoms with E-state index in [1.165, 1.54) is 5.56 Å². The Labute approximate surface area is 104 Å². The summed E-state index contributed by atoms with van der Waals surface area (Å²) in [5.41, 5.74) is 2.10. The van der Waals surface area contributed by atoms with Crippen molar-refractivity contribution in [2.45, 2.75) is 33.7 Å². The molecule has 0 fully saturated rings. The second-order valence-electron chi connectivity index (χ2n) is 3.72. The molecule has 17 heavy (non-hydrogen) atoms. The average molecular weight is 238 g/mol. The van der Waals surface area contributed by atoms with Crippen molar-refractivity contribution >= 4 is 0 Å². The predicted octanol–water partition coefficient (Wildman–Crippen LogP) is 3.21. The summed E-state index contributed by atoms with van der Waals surface area (Å²) in [4.78, 5) is 0. The van der Waals surface area contributed by atoms with Gasteiger partial charge >= 0.3 is 5.97 Å². The SMILES string of the molecule is CCOC(OCC)(OCC)c1ccc(C)cc1. The van der Waals surface area contributed by atoms with Crippen LogP contribution in [0.5, 0.6) is 0 Å². The van der Waals surface area contributed by atoms with Crippen LogP contribution in [0.2, 0.25) is 0 Å². The maximum Gasteiger partial charge on any atom is 0.311 e. The molecule has 0 bridgehead atoms. The molecule has 1 aromatic rings. The molecule has 3 nitrogen and oxygen atoms in total. The summed E-state index contributed by atoms with van der Waals surface area (Å²) < 4.78 is 17.1. The third kappa shape index (κ3) is 3.53. The smallest absolute Gasteiger partial charge is 0.311 e. The highest BCUT2D eigenvalue weighted by molar-refractivity contribution is 5.23. The van der Waals surface area contributed by atoms with Gasteiger partial charge in [0.1, 0.15) is 0 Å². The first-order valence-electron chi connectivity index (χ1n) is 6.17. The number of benzene rings is 1. The van der Waals surface area contributed by atoms with Gasteiger partial charge < -0.3 is 14.2 Å². The Balaban J connectivity index is 3.04. The van der Waals surface area contributed by atoms with Crippen molar-refractivity contribution in [1.29, 1.82) is 0 Å². The van der Waals surface area contributed by atoms with E-state index in [2.05, 4.69) is 0 Å². The second kappa shape index (κ2) is 6.74. The van der Waals surface area contributed by atoms with E-state index in [-0.39, 0.29) is 0 Å². The van der Waals surface area contributed by atoms with Crippen LogP contribution in [0.4, 0.5) is 0 Å². The Morgan fingerprint density at radius 1 is 0.824 bits per heavy atom. The molecule has 0 saturated carbocycles. The molecule has 3 heteroatoms. The van der Waals surface area contributed by atoms with Crippen molar-refractivity contribution < 1.29 is 14.2 Å². The van der Waals surface area contributed by atoms with E-state index in [1.807, 2.05) is 52.0 Å². The second-order valence-corrected chi connectivity index (χ2v) is 3.72. The lowest BCUT2D eigenvalue weighted by Crippen LogP contribution is -2.36. The normalized spacial score (nSPS) is 11.8. The predicted molar refractivity (Wildman–Crippen MR) is 67.7 cm³/mol. The van der Waals surface area contributed by atoms with Gasteiger partial charge in [0.05, 0.1) is 0 Å². The number of aryl methyl sites for hydroxylation is 1. The maximum absolute atomic E-state index is 5.69. The van der Waals surface area contributed by atoms with Crippen LogP contribution in [-0.4, -0.2) is 19.8 Å². The minimum atomic E-state index is -1.06. The van der Waals surface area contributed by atoms with Crippen LogP contribution in [0.25, 0.3) is 0 Å². The Morgan fingerprint density at radius 2 is 1.24 bits per heavy atom. The van der Waals surface area contributed by atoms with E-state index in [0.717, 1.165) is 5.56 Å². The lowest BCUT2D eigenvalue weighted by molar-refractivity contribution is -0.389. The number of hydrogen-bond acceptors (Lipinski definition) is 3. The Kier molecular flexibility index (Phi) is 5.62. The summed E-state index contributed by atoms with van der Waals surface area (Å²) in [7, 11) is 0. The summed E-state index contributed by atoms with van der Waals surface area (Å²) in [6, 6.07) is 8.02. The lowest BCUT2D eigenvalue weighted by atomic mass is 10.1. The minimum Gasteiger partial charge on any atom is -0.324 e. The van der Waals surface area contributed by atoms with E-state index in [0.29, 0.717) is 19.8 Å². The Hall–Kier alpha value is -0.900. The highest BCUT2D eigenvalue weighted by Crippen LogP contribution is 2.29. The van der Waals surface area contributed by atoms with Gasteiger partial charge in [-0.2, -0.15) is 0 Å². The summed E-state index contributed by atoms with van der Waals surface area (Å²) in [6.07, 6.45) is 0. The monoisotopic (exact) mass is 238 g/mol. The molecule has 0 aliphatic heterocycles. The molecular formula is C14H22O3. The third-order valence-electron chi connectivity index (χ3n) is 2.41. The summed E-state index contributed by atoms with van der Waals surface area (Å²) in [5.74, 6) is -1.06. The zero-order valence-corrected chi connectivity index (χ0v) is 11.2. The first kappa shape index (κ1) is 14.2. The average Bonchev–Trinajstić information content (AvgIpc) is 2.30. The minimum absolute atomic E-state index is 0.536. The van der Waals surface area contributed by atoms with E-state index in [9.17, 15) is 0 Å². The molecule has 0 aliphatic rings. The van der Waals surface area contributed by atoms with Crippen LogP contribution in [0.1, 0.15) is 31.9 Å². The van der Waals surface area contributed by atoms with Gasteiger partial charge in [0.15, 0.2) is 0 Å². The van der Waals surface area contributed by atoms with Crippen LogP contribution in [-0.2, 0) is 20.2 Å². The topological polar surface area (TPSA) is 27.7 Å². The van der Waals surface area contributed by atoms with E-state index >= 15 is 0 Å². The highest BCUT2D eigenvalue weighted by atomic mass is 16.9. The third-order valence-corrected chi connectivity index (χ3v) is 2.41. The standard InChI is InChI=1S/C14H22O3/c1-5-15-14(16-6-2,17-7-3)13-10-8-12(4)9-11-13/h8-11H,5-7H2,1-4H3. The van der Waals surface area contributed by atoms with Crippen molar-refractivity contribution in [2.24, 2.45) is 0 Å². The molecular weight excluding hydrogens is 216 g/mol. The molecule has 0 spiro atoms. The van der Waals surface area contributed by atoms with Gasteiger partial charge in [-0.05, 0) is 27.7 Å². The van der Waals surface area contributed by atoms with Crippen molar-refractivity contribution in [3.8, 4) is 0 Å². The first-order valence-corrected chi connectivity index (χ1v) is 6.17. The van der Waals surface area contributed by atoms with Gasteiger partial charge in [0, 0.05) is 25.4 Å². The Bertz CT molecular complexity index is 302. The molecule has 1 rings (SSSR count). The quantitative estimate of drug-likeness (QED) is 0.683. The molecule has 0 amide bonds. The molecule has 96 valence electrons. The lowest BCUT2D eigenvalue weighted by Gasteiger charge is -2.32. The molecule has 0 saturated heterocycles. The van der Waals surface area contributed by atoms with Crippen molar-refractivity contribution in [3.05, 3.63) is 35.4 Å². The summed E-state index contributed by atoms with van der Waals surface area (Å²) in [6.45, 7) is 9.45. The van der Waals surface area contributed by atoms with Gasteiger partial charge in [-0.25, -0.2) is 0 Å². The zero-order valence-electron chi connectivity index (χ0n) is 11.2. The van der Waals surface area contributed by atoms with Crippen molar-refractivity contribution in [3.63, 3.8) is 0 Å². The first-order chi connectivity index (χ1) is 8.18. The summed E-state index contributed by atoms with van der Waals surface area (Å²) >= 11 is 0. The maximum atomic E-state index is 5.69. The fourth-order valence-corrected chi connectivity index (χ4v) is 1.70.